The van der Waals surface area contributed by atoms with Crippen molar-refractivity contribution in [3.8, 4) is 11.3 Å². The van der Waals surface area contributed by atoms with Gasteiger partial charge in [0.15, 0.2) is 17.5 Å². The summed E-state index contributed by atoms with van der Waals surface area (Å²) in [4.78, 5) is 15.0. The molecule has 3 heterocycles. The van der Waals surface area contributed by atoms with E-state index in [1.807, 2.05) is 6.92 Å². The molecule has 1 aliphatic heterocycles. The number of aromatic nitrogens is 5. The summed E-state index contributed by atoms with van der Waals surface area (Å²) in [6.45, 7) is 2.23. The molecule has 0 spiro atoms. The quantitative estimate of drug-likeness (QED) is 0.498. The predicted octanol–water partition coefficient (Wildman–Crippen LogP) is 3.54. The van der Waals surface area contributed by atoms with Crippen molar-refractivity contribution in [3.05, 3.63) is 64.6 Å². The first kappa shape index (κ1) is 19.3. The van der Waals surface area contributed by atoms with Crippen LogP contribution in [0.15, 0.2) is 30.3 Å². The minimum absolute atomic E-state index is 0.201. The number of carbonyl (C=O) groups excluding carboxylic acids is 1. The van der Waals surface area contributed by atoms with Gasteiger partial charge in [0.25, 0.3) is 5.91 Å². The lowest BCUT2D eigenvalue weighted by Gasteiger charge is -2.33. The second kappa shape index (κ2) is 6.93. The van der Waals surface area contributed by atoms with Crippen LogP contribution in [0.1, 0.15) is 34.6 Å². The highest BCUT2D eigenvalue weighted by Crippen LogP contribution is 2.37. The molecule has 1 aliphatic rings. The molecule has 1 amide bonds. The second-order valence-electron chi connectivity index (χ2n) is 7.51. The number of hydrogen-bond acceptors (Lipinski definition) is 4. The molecule has 0 unspecified atom stereocenters. The van der Waals surface area contributed by atoms with Crippen LogP contribution in [0.2, 0.25) is 0 Å². The number of fused-ring (bicyclic) bond motifs is 2. The molecular formula is C21H17F3N6O. The van der Waals surface area contributed by atoms with Gasteiger partial charge in [0.05, 0.1) is 23.0 Å². The van der Waals surface area contributed by atoms with E-state index in [9.17, 15) is 18.0 Å². The van der Waals surface area contributed by atoms with Crippen LogP contribution >= 0.6 is 0 Å². The van der Waals surface area contributed by atoms with E-state index in [1.54, 1.807) is 30.1 Å². The van der Waals surface area contributed by atoms with Gasteiger partial charge in [-0.25, -0.2) is 13.2 Å². The lowest BCUT2D eigenvalue weighted by atomic mass is 9.95. The third-order valence-electron chi connectivity index (χ3n) is 5.74. The molecule has 1 N–H and O–H groups in total. The Kier molecular flexibility index (Phi) is 4.31. The van der Waals surface area contributed by atoms with Crippen molar-refractivity contribution in [1.82, 2.24) is 30.1 Å². The molecule has 158 valence electrons. The van der Waals surface area contributed by atoms with E-state index in [2.05, 4.69) is 20.5 Å². The van der Waals surface area contributed by atoms with Crippen LogP contribution in [0.4, 0.5) is 13.2 Å². The molecule has 0 bridgehead atoms. The van der Waals surface area contributed by atoms with Crippen LogP contribution in [-0.2, 0) is 13.5 Å². The Hall–Kier alpha value is -3.69. The Balaban J connectivity index is 1.54. The number of nitrogens with zero attached hydrogens (tertiary/aromatic N) is 5. The summed E-state index contributed by atoms with van der Waals surface area (Å²) >= 11 is 0. The maximum absolute atomic E-state index is 13.8. The van der Waals surface area contributed by atoms with Crippen molar-refractivity contribution in [2.45, 2.75) is 19.4 Å². The van der Waals surface area contributed by atoms with E-state index in [0.29, 0.717) is 41.0 Å². The number of halogens is 3. The molecule has 0 aliphatic carbocycles. The van der Waals surface area contributed by atoms with Crippen molar-refractivity contribution < 1.29 is 18.0 Å². The lowest BCUT2D eigenvalue weighted by Crippen LogP contribution is -2.39. The number of benzene rings is 2. The normalized spacial score (nSPS) is 16.0. The van der Waals surface area contributed by atoms with E-state index in [-0.39, 0.29) is 17.5 Å². The Bertz CT molecular complexity index is 1320. The SMILES string of the molecule is C[C@H]1c2nn(C)c(-c3cc(F)c(F)c(F)c3)c2CCN1C(=O)c1cccc2n[nH]nc12. The highest BCUT2D eigenvalue weighted by molar-refractivity contribution is 6.04. The van der Waals surface area contributed by atoms with Gasteiger partial charge >= 0.3 is 0 Å². The number of aryl methyl sites for hydroxylation is 1. The fraction of sp³-hybridized carbons (Fsp3) is 0.238. The summed E-state index contributed by atoms with van der Waals surface area (Å²) in [5.74, 6) is -4.23. The van der Waals surface area contributed by atoms with Gasteiger partial charge in [0.2, 0.25) is 0 Å². The number of para-hydroxylation sites is 1. The van der Waals surface area contributed by atoms with Crippen LogP contribution in [0.3, 0.4) is 0 Å². The molecule has 1 atom stereocenters. The van der Waals surface area contributed by atoms with E-state index in [0.717, 1.165) is 17.7 Å². The van der Waals surface area contributed by atoms with Gasteiger partial charge in [-0.1, -0.05) is 6.07 Å². The van der Waals surface area contributed by atoms with Gasteiger partial charge in [-0.05, 0) is 37.6 Å². The maximum atomic E-state index is 13.8. The number of hydrogen-bond donors (Lipinski definition) is 1. The summed E-state index contributed by atoms with van der Waals surface area (Å²) in [6.07, 6.45) is 0.435. The first-order valence-electron chi connectivity index (χ1n) is 9.68. The zero-order chi connectivity index (χ0) is 21.9. The molecular weight excluding hydrogens is 409 g/mol. The van der Waals surface area contributed by atoms with E-state index in [1.165, 1.54) is 4.68 Å². The molecule has 2 aromatic heterocycles. The lowest BCUT2D eigenvalue weighted by molar-refractivity contribution is 0.0675. The van der Waals surface area contributed by atoms with Gasteiger partial charge in [-0.3, -0.25) is 9.48 Å². The van der Waals surface area contributed by atoms with Crippen LogP contribution < -0.4 is 0 Å². The smallest absolute Gasteiger partial charge is 0.256 e. The molecule has 4 aromatic rings. The molecule has 0 radical (unpaired) electrons. The molecule has 31 heavy (non-hydrogen) atoms. The average molecular weight is 426 g/mol. The number of aromatic amines is 1. The van der Waals surface area contributed by atoms with Gasteiger partial charge in [0, 0.05) is 24.7 Å². The summed E-state index contributed by atoms with van der Waals surface area (Å²) < 4.78 is 42.6. The van der Waals surface area contributed by atoms with Crippen molar-refractivity contribution in [1.29, 1.82) is 0 Å². The third-order valence-corrected chi connectivity index (χ3v) is 5.74. The van der Waals surface area contributed by atoms with Crippen molar-refractivity contribution >= 4 is 16.9 Å². The predicted molar refractivity (Wildman–Crippen MR) is 106 cm³/mol. The number of rotatable bonds is 2. The van der Waals surface area contributed by atoms with Crippen molar-refractivity contribution in [2.75, 3.05) is 6.54 Å². The molecule has 10 heteroatoms. The summed E-state index contributed by atoms with van der Waals surface area (Å²) in [6, 6.07) is 6.75. The van der Waals surface area contributed by atoms with Crippen LogP contribution in [0.5, 0.6) is 0 Å². The van der Waals surface area contributed by atoms with E-state index in [4.69, 9.17) is 0 Å². The van der Waals surface area contributed by atoms with Gasteiger partial charge in [-0.2, -0.15) is 20.5 Å². The van der Waals surface area contributed by atoms with E-state index < -0.39 is 17.5 Å². The molecule has 0 saturated heterocycles. The highest BCUT2D eigenvalue weighted by atomic mass is 19.2. The topological polar surface area (TPSA) is 79.7 Å². The standard InChI is InChI=1S/C21H17F3N6O/c1-10-18-12(20(29(2)27-18)11-8-14(22)17(24)15(23)9-11)6-7-30(10)21(31)13-4-3-5-16-19(13)26-28-25-16/h3-5,8-10H,6-7H2,1-2H3,(H,25,26,28)/t10-/m0/s1. The zero-order valence-electron chi connectivity index (χ0n) is 16.7. The zero-order valence-corrected chi connectivity index (χ0v) is 16.7. The van der Waals surface area contributed by atoms with Crippen molar-refractivity contribution in [2.24, 2.45) is 7.05 Å². The van der Waals surface area contributed by atoms with Crippen molar-refractivity contribution in [3.63, 3.8) is 0 Å². The minimum Gasteiger partial charge on any atom is -0.330 e. The number of amides is 1. The first-order chi connectivity index (χ1) is 14.9. The number of carbonyl (C=O) groups is 1. The Labute approximate surface area is 174 Å². The first-order valence-corrected chi connectivity index (χ1v) is 9.68. The van der Waals surface area contributed by atoms with Gasteiger partial charge in [0.1, 0.15) is 11.0 Å². The Morgan fingerprint density at radius 2 is 1.90 bits per heavy atom. The van der Waals surface area contributed by atoms with E-state index >= 15 is 0 Å². The minimum atomic E-state index is -1.51. The van der Waals surface area contributed by atoms with Crippen LogP contribution in [0.25, 0.3) is 22.3 Å². The summed E-state index contributed by atoms with van der Waals surface area (Å²) in [5, 5.41) is 15.1. The third kappa shape index (κ3) is 2.89. The maximum Gasteiger partial charge on any atom is 0.256 e. The second-order valence-corrected chi connectivity index (χ2v) is 7.51. The van der Waals surface area contributed by atoms with Gasteiger partial charge < -0.3 is 4.90 Å². The summed E-state index contributed by atoms with van der Waals surface area (Å²) in [5.41, 5.74) is 3.64. The summed E-state index contributed by atoms with van der Waals surface area (Å²) in [7, 11) is 1.65. The monoisotopic (exact) mass is 426 g/mol. The number of H-pyrrole nitrogens is 1. The molecule has 5 rings (SSSR count). The molecule has 7 nitrogen and oxygen atoms in total. The largest absolute Gasteiger partial charge is 0.330 e. The fourth-order valence-electron chi connectivity index (χ4n) is 4.27. The fourth-order valence-corrected chi connectivity index (χ4v) is 4.27. The molecule has 2 aromatic carbocycles. The molecule has 0 saturated carbocycles. The highest BCUT2D eigenvalue weighted by Gasteiger charge is 2.34. The molecule has 0 fully saturated rings. The Morgan fingerprint density at radius 3 is 2.65 bits per heavy atom. The van der Waals surface area contributed by atoms with Crippen LogP contribution in [-0.4, -0.2) is 42.5 Å². The Morgan fingerprint density at radius 1 is 1.16 bits per heavy atom. The number of nitrogens with one attached hydrogen (secondary N) is 1. The van der Waals surface area contributed by atoms with Gasteiger partial charge in [-0.15, -0.1) is 0 Å². The average Bonchev–Trinajstić information content (AvgIpc) is 3.35. The van der Waals surface area contributed by atoms with Crippen LogP contribution in [0, 0.1) is 17.5 Å².